The van der Waals surface area contributed by atoms with Crippen molar-refractivity contribution in [2.75, 3.05) is 33.9 Å². The van der Waals surface area contributed by atoms with Gasteiger partial charge in [0.25, 0.3) is 0 Å². The van der Waals surface area contributed by atoms with Crippen LogP contribution in [0.5, 0.6) is 0 Å². The smallest absolute Gasteiger partial charge is 0.0758 e. The predicted molar refractivity (Wildman–Crippen MR) is 117 cm³/mol. The Labute approximate surface area is 173 Å². The molecule has 2 saturated carbocycles. The highest BCUT2D eigenvalue weighted by Crippen LogP contribution is 2.60. The molecule has 0 heterocycles. The maximum Gasteiger partial charge on any atom is 0.0758 e. The first-order chi connectivity index (χ1) is 13.5. The summed E-state index contributed by atoms with van der Waals surface area (Å²) in [6.07, 6.45) is 15.4. The fourth-order valence-corrected chi connectivity index (χ4v) is 6.73. The van der Waals surface area contributed by atoms with Crippen LogP contribution in [0, 0.1) is 29.1 Å². The molecular formula is C25H45NO2. The highest BCUT2D eigenvalue weighted by molar-refractivity contribution is 5.24. The summed E-state index contributed by atoms with van der Waals surface area (Å²) in [6.45, 7) is 7.46. The molecule has 0 amide bonds. The number of unbranched alkanes of at least 4 members (excludes halogenated alkanes) is 1. The van der Waals surface area contributed by atoms with Gasteiger partial charge in [0.05, 0.1) is 6.10 Å². The molecule has 1 N–H and O–H groups in total. The third kappa shape index (κ3) is 5.02. The van der Waals surface area contributed by atoms with Crippen molar-refractivity contribution in [2.24, 2.45) is 29.1 Å². The van der Waals surface area contributed by atoms with Crippen molar-refractivity contribution in [3.8, 4) is 0 Å². The van der Waals surface area contributed by atoms with E-state index in [2.05, 4.69) is 38.9 Å². The molecule has 3 rings (SSSR count). The Hall–Kier alpha value is -0.380. The summed E-state index contributed by atoms with van der Waals surface area (Å²) < 4.78 is 6.26. The van der Waals surface area contributed by atoms with E-state index in [1.54, 1.807) is 5.57 Å². The maximum atomic E-state index is 9.35. The Morgan fingerprint density at radius 1 is 1.14 bits per heavy atom. The van der Waals surface area contributed by atoms with E-state index in [-0.39, 0.29) is 0 Å². The molecule has 2 fully saturated rings. The minimum absolute atomic E-state index is 0.353. The minimum atomic E-state index is 0.353. The van der Waals surface area contributed by atoms with Gasteiger partial charge in [-0.1, -0.05) is 31.9 Å². The van der Waals surface area contributed by atoms with Gasteiger partial charge in [-0.2, -0.15) is 0 Å². The van der Waals surface area contributed by atoms with Gasteiger partial charge in [0, 0.05) is 13.2 Å². The van der Waals surface area contributed by atoms with E-state index >= 15 is 0 Å². The van der Waals surface area contributed by atoms with Gasteiger partial charge in [-0.3, -0.25) is 0 Å². The van der Waals surface area contributed by atoms with Gasteiger partial charge in [-0.25, -0.2) is 0 Å². The fourth-order valence-electron chi connectivity index (χ4n) is 6.73. The zero-order chi connectivity index (χ0) is 20.1. The van der Waals surface area contributed by atoms with Crippen LogP contribution in [0.25, 0.3) is 0 Å². The van der Waals surface area contributed by atoms with E-state index in [9.17, 15) is 5.11 Å². The Balaban J connectivity index is 1.59. The first-order valence-electron chi connectivity index (χ1n) is 12.0. The molecule has 0 bridgehead atoms. The first kappa shape index (κ1) is 22.3. The fraction of sp³-hybridized carbons (Fsp3) is 0.920. The molecule has 3 nitrogen and oxygen atoms in total. The van der Waals surface area contributed by atoms with Gasteiger partial charge in [-0.15, -0.1) is 0 Å². The third-order valence-electron chi connectivity index (χ3n) is 8.39. The molecule has 0 radical (unpaired) electrons. The molecule has 28 heavy (non-hydrogen) atoms. The highest BCUT2D eigenvalue weighted by Gasteiger charge is 2.51. The second kappa shape index (κ2) is 10.1. The van der Waals surface area contributed by atoms with Gasteiger partial charge < -0.3 is 14.7 Å². The van der Waals surface area contributed by atoms with Crippen LogP contribution in [0.4, 0.5) is 0 Å². The van der Waals surface area contributed by atoms with Gasteiger partial charge >= 0.3 is 0 Å². The van der Waals surface area contributed by atoms with Crippen LogP contribution in [-0.4, -0.2) is 50.0 Å². The van der Waals surface area contributed by atoms with E-state index in [1.807, 2.05) is 0 Å². The minimum Gasteiger partial charge on any atom is -0.396 e. The molecule has 3 aliphatic rings. The Morgan fingerprint density at radius 2 is 1.96 bits per heavy atom. The third-order valence-corrected chi connectivity index (χ3v) is 8.39. The molecule has 0 aromatic heterocycles. The summed E-state index contributed by atoms with van der Waals surface area (Å²) in [7, 11) is 4.29. The molecule has 3 unspecified atom stereocenters. The van der Waals surface area contributed by atoms with Crippen LogP contribution in [0.2, 0.25) is 0 Å². The van der Waals surface area contributed by atoms with Crippen LogP contribution in [0.3, 0.4) is 0 Å². The zero-order valence-electron chi connectivity index (χ0n) is 19.0. The van der Waals surface area contributed by atoms with Crippen molar-refractivity contribution in [1.29, 1.82) is 0 Å². The first-order valence-corrected chi connectivity index (χ1v) is 12.0. The van der Waals surface area contributed by atoms with E-state index < -0.39 is 0 Å². The largest absolute Gasteiger partial charge is 0.396 e. The van der Waals surface area contributed by atoms with Crippen LogP contribution in [0.1, 0.15) is 78.1 Å². The zero-order valence-corrected chi connectivity index (χ0v) is 19.0. The second-order valence-corrected chi connectivity index (χ2v) is 10.5. The number of aliphatic hydroxyl groups excluding tert-OH is 1. The number of fused-ring (bicyclic) bond motifs is 3. The van der Waals surface area contributed by atoms with Crippen molar-refractivity contribution >= 4 is 0 Å². The van der Waals surface area contributed by atoms with Crippen molar-refractivity contribution in [3.05, 3.63) is 11.6 Å². The molecule has 0 aromatic rings. The van der Waals surface area contributed by atoms with Gasteiger partial charge in [-0.05, 0) is 108 Å². The Kier molecular flexibility index (Phi) is 8.04. The van der Waals surface area contributed by atoms with Gasteiger partial charge in [0.1, 0.15) is 0 Å². The molecule has 0 spiro atoms. The lowest BCUT2D eigenvalue weighted by molar-refractivity contribution is -0.0257. The second-order valence-electron chi connectivity index (χ2n) is 10.5. The van der Waals surface area contributed by atoms with E-state index in [0.29, 0.717) is 18.1 Å². The van der Waals surface area contributed by atoms with Gasteiger partial charge in [0.2, 0.25) is 0 Å². The number of aliphatic hydroxyl groups is 1. The van der Waals surface area contributed by atoms with Crippen LogP contribution in [0.15, 0.2) is 11.6 Å². The predicted octanol–water partition coefficient (Wildman–Crippen LogP) is 5.28. The quantitative estimate of drug-likeness (QED) is 0.428. The normalized spacial score (nSPS) is 38.1. The Morgan fingerprint density at radius 3 is 2.71 bits per heavy atom. The van der Waals surface area contributed by atoms with Crippen molar-refractivity contribution in [1.82, 2.24) is 4.90 Å². The average Bonchev–Trinajstić information content (AvgIpc) is 2.66. The lowest BCUT2D eigenvalue weighted by Gasteiger charge is -2.56. The van der Waals surface area contributed by atoms with Crippen molar-refractivity contribution in [2.45, 2.75) is 84.2 Å². The summed E-state index contributed by atoms with van der Waals surface area (Å²) in [5, 5.41) is 9.35. The molecule has 0 saturated heterocycles. The molecule has 0 aliphatic heterocycles. The molecule has 3 aliphatic carbocycles. The standard InChI is InChI=1S/C25H45NO2/c1-19-9-12-24-23(22(19)8-7-16-27)11-10-20-18-21(13-14-25(20,24)2)28-17-6-5-15-26(3)4/h18-19,21-24,27H,5-17H2,1-4H3/t19-,21+,22?,23?,24?,25+/m1/s1. The number of nitrogens with zero attached hydrogens (tertiary/aromatic N) is 1. The molecular weight excluding hydrogens is 346 g/mol. The number of hydrogen-bond acceptors (Lipinski definition) is 3. The van der Waals surface area contributed by atoms with Crippen LogP contribution >= 0.6 is 0 Å². The van der Waals surface area contributed by atoms with Gasteiger partial charge in [0.15, 0.2) is 0 Å². The topological polar surface area (TPSA) is 32.7 Å². The SMILES string of the molecule is C[C@@H]1CCC2C(CCC3=C[C@@H](OCCCCN(C)C)CC[C@@]32C)C1CCCO. The van der Waals surface area contributed by atoms with Crippen molar-refractivity contribution < 1.29 is 9.84 Å². The lowest BCUT2D eigenvalue weighted by Crippen LogP contribution is -2.48. The monoisotopic (exact) mass is 391 g/mol. The Bertz CT molecular complexity index is 517. The molecule has 0 aromatic carbocycles. The summed E-state index contributed by atoms with van der Waals surface area (Å²) in [4.78, 5) is 2.26. The summed E-state index contributed by atoms with van der Waals surface area (Å²) >= 11 is 0. The van der Waals surface area contributed by atoms with E-state index in [0.717, 1.165) is 43.2 Å². The number of rotatable bonds is 9. The molecule has 3 heteroatoms. The van der Waals surface area contributed by atoms with E-state index in [4.69, 9.17) is 4.74 Å². The number of hydrogen-bond donors (Lipinski definition) is 1. The highest BCUT2D eigenvalue weighted by atomic mass is 16.5. The number of allylic oxidation sites excluding steroid dienone is 1. The van der Waals surface area contributed by atoms with E-state index in [1.165, 1.54) is 57.8 Å². The van der Waals surface area contributed by atoms with Crippen LogP contribution < -0.4 is 0 Å². The molecule has 162 valence electrons. The summed E-state index contributed by atoms with van der Waals surface area (Å²) in [5.41, 5.74) is 2.12. The van der Waals surface area contributed by atoms with Crippen LogP contribution in [-0.2, 0) is 4.74 Å². The van der Waals surface area contributed by atoms with Crippen molar-refractivity contribution in [3.63, 3.8) is 0 Å². The summed E-state index contributed by atoms with van der Waals surface area (Å²) in [5.74, 6) is 3.40. The lowest BCUT2D eigenvalue weighted by atomic mass is 9.49. The maximum absolute atomic E-state index is 9.35. The average molecular weight is 392 g/mol. The molecule has 6 atom stereocenters. The number of ether oxygens (including phenoxy) is 1. The summed E-state index contributed by atoms with van der Waals surface area (Å²) in [6, 6.07) is 0.